The van der Waals surface area contributed by atoms with Crippen LogP contribution in [0.3, 0.4) is 0 Å². The third kappa shape index (κ3) is 14.4. The topological polar surface area (TPSA) is 115 Å². The molecule has 0 aromatic carbocycles. The number of hydrogen-bond donors (Lipinski definition) is 3. The molecule has 29 heavy (non-hydrogen) atoms. The van der Waals surface area contributed by atoms with Gasteiger partial charge in [0.25, 0.3) is 0 Å². The summed E-state index contributed by atoms with van der Waals surface area (Å²) in [5.74, 6) is -0.251. The van der Waals surface area contributed by atoms with Crippen LogP contribution in [-0.4, -0.2) is 36.1 Å². The van der Waals surface area contributed by atoms with Gasteiger partial charge in [-0.15, -0.1) is 0 Å². The fourth-order valence-corrected chi connectivity index (χ4v) is 2.45. The standard InChI is InChI=1S/C19H37N3O3.2C2H6.3H2/c1-7-19(5,6)17(25)14(21)12-15(23)22-11-9-8-10-13(20)16(24)18(2,3)4;2*1-2;;;/h13-14H,7-12,20-21H2,1-6H3,(H,22,23);2*1-2H3;3*1H. The summed E-state index contributed by atoms with van der Waals surface area (Å²) >= 11 is 0. The summed E-state index contributed by atoms with van der Waals surface area (Å²) in [7, 11) is 0. The average molecular weight is 422 g/mol. The van der Waals surface area contributed by atoms with Crippen molar-refractivity contribution in [1.82, 2.24) is 5.32 Å². The predicted octanol–water partition coefficient (Wildman–Crippen LogP) is 4.73. The van der Waals surface area contributed by atoms with Gasteiger partial charge in [0.2, 0.25) is 5.91 Å². The van der Waals surface area contributed by atoms with Crippen molar-refractivity contribution in [3.8, 4) is 0 Å². The minimum atomic E-state index is -0.771. The first-order chi connectivity index (χ1) is 13.3. The third-order valence-corrected chi connectivity index (χ3v) is 4.63. The molecule has 0 heterocycles. The Hall–Kier alpha value is -1.27. The highest BCUT2D eigenvalue weighted by atomic mass is 16.2. The third-order valence-electron chi connectivity index (χ3n) is 4.63. The summed E-state index contributed by atoms with van der Waals surface area (Å²) < 4.78 is 0. The van der Waals surface area contributed by atoms with Gasteiger partial charge < -0.3 is 16.8 Å². The molecule has 0 saturated heterocycles. The molecule has 180 valence electrons. The van der Waals surface area contributed by atoms with Gasteiger partial charge in [0.05, 0.1) is 12.1 Å². The van der Waals surface area contributed by atoms with E-state index in [-0.39, 0.29) is 28.2 Å². The monoisotopic (exact) mass is 421 g/mol. The number of rotatable bonds is 11. The molecule has 6 heteroatoms. The minimum absolute atomic E-state index is 0. The van der Waals surface area contributed by atoms with E-state index in [9.17, 15) is 14.4 Å². The number of hydrogen-bond acceptors (Lipinski definition) is 5. The molecule has 0 rings (SSSR count). The van der Waals surface area contributed by atoms with E-state index in [2.05, 4.69) is 5.32 Å². The first kappa shape index (κ1) is 32.4. The van der Waals surface area contributed by atoms with Crippen molar-refractivity contribution in [2.75, 3.05) is 6.54 Å². The Morgan fingerprint density at radius 1 is 0.862 bits per heavy atom. The first-order valence-corrected chi connectivity index (χ1v) is 11.2. The van der Waals surface area contributed by atoms with Gasteiger partial charge in [-0.05, 0) is 25.7 Å². The molecule has 2 atom stereocenters. The lowest BCUT2D eigenvalue weighted by Crippen LogP contribution is -2.43. The van der Waals surface area contributed by atoms with E-state index >= 15 is 0 Å². The van der Waals surface area contributed by atoms with Crippen LogP contribution in [0.4, 0.5) is 0 Å². The summed E-state index contributed by atoms with van der Waals surface area (Å²) in [5.41, 5.74) is 10.8. The Bertz CT molecular complexity index is 483. The lowest BCUT2D eigenvalue weighted by atomic mass is 9.81. The van der Waals surface area contributed by atoms with Gasteiger partial charge in [-0.3, -0.25) is 14.4 Å². The summed E-state index contributed by atoms with van der Waals surface area (Å²) in [6.45, 7) is 19.7. The number of ketones is 2. The van der Waals surface area contributed by atoms with Gasteiger partial charge in [-0.25, -0.2) is 0 Å². The zero-order valence-corrected chi connectivity index (χ0v) is 20.8. The second-order valence-electron chi connectivity index (χ2n) is 8.48. The zero-order valence-electron chi connectivity index (χ0n) is 20.8. The van der Waals surface area contributed by atoms with Crippen molar-refractivity contribution in [1.29, 1.82) is 0 Å². The van der Waals surface area contributed by atoms with Crippen molar-refractivity contribution in [3.63, 3.8) is 0 Å². The van der Waals surface area contributed by atoms with E-state index in [4.69, 9.17) is 11.5 Å². The number of unbranched alkanes of at least 4 members (excludes halogenated alkanes) is 1. The lowest BCUT2D eigenvalue weighted by Gasteiger charge is -2.24. The number of nitrogens with two attached hydrogens (primary N) is 2. The van der Waals surface area contributed by atoms with E-state index < -0.39 is 22.9 Å². The number of amides is 1. The quantitative estimate of drug-likeness (QED) is 0.417. The molecule has 0 aliphatic carbocycles. The average Bonchev–Trinajstić information content (AvgIpc) is 2.68. The van der Waals surface area contributed by atoms with Crippen molar-refractivity contribution in [2.24, 2.45) is 22.3 Å². The number of carbonyl (C=O) groups excluding carboxylic acids is 3. The van der Waals surface area contributed by atoms with E-state index in [0.717, 1.165) is 12.8 Å². The molecule has 1 amide bonds. The molecule has 0 aromatic heterocycles. The van der Waals surface area contributed by atoms with Gasteiger partial charge in [0.15, 0.2) is 11.6 Å². The van der Waals surface area contributed by atoms with Crippen LogP contribution in [0.15, 0.2) is 0 Å². The molecule has 2 unspecified atom stereocenters. The molecular formula is C23H55N3O3. The van der Waals surface area contributed by atoms with Gasteiger partial charge >= 0.3 is 0 Å². The second-order valence-corrected chi connectivity index (χ2v) is 8.48. The molecule has 0 radical (unpaired) electrons. The van der Waals surface area contributed by atoms with Gasteiger partial charge in [0.1, 0.15) is 0 Å². The summed E-state index contributed by atoms with van der Waals surface area (Å²) in [4.78, 5) is 36.1. The van der Waals surface area contributed by atoms with Crippen LogP contribution >= 0.6 is 0 Å². The summed E-state index contributed by atoms with van der Waals surface area (Å²) in [5, 5.41) is 2.77. The van der Waals surface area contributed by atoms with Crippen LogP contribution in [0.1, 0.15) is 106 Å². The first-order valence-electron chi connectivity index (χ1n) is 11.2. The Balaban J connectivity index is -0.000000227. The Kier molecular flexibility index (Phi) is 18.5. The highest BCUT2D eigenvalue weighted by Crippen LogP contribution is 2.23. The van der Waals surface area contributed by atoms with Gasteiger partial charge in [-0.1, -0.05) is 69.2 Å². The molecule has 0 saturated carbocycles. The van der Waals surface area contributed by atoms with Crippen molar-refractivity contribution >= 4 is 17.5 Å². The molecular weight excluding hydrogens is 366 g/mol. The normalized spacial score (nSPS) is 13.1. The fourth-order valence-electron chi connectivity index (χ4n) is 2.45. The zero-order chi connectivity index (χ0) is 23.8. The van der Waals surface area contributed by atoms with Crippen LogP contribution in [0.2, 0.25) is 0 Å². The summed E-state index contributed by atoms with van der Waals surface area (Å²) in [6, 6.07) is -1.23. The van der Waals surface area contributed by atoms with Gasteiger partial charge in [0, 0.05) is 28.1 Å². The fraction of sp³-hybridized carbons (Fsp3) is 0.870. The molecule has 0 aliphatic rings. The molecule has 5 N–H and O–H groups in total. The number of Topliss-reactive ketones (excluding diaryl/α,β-unsaturated/α-hetero) is 2. The van der Waals surface area contributed by atoms with Crippen molar-refractivity contribution < 1.29 is 18.7 Å². The Morgan fingerprint density at radius 2 is 1.34 bits per heavy atom. The van der Waals surface area contributed by atoms with Crippen molar-refractivity contribution in [3.05, 3.63) is 0 Å². The van der Waals surface area contributed by atoms with Crippen LogP contribution in [-0.2, 0) is 14.4 Å². The van der Waals surface area contributed by atoms with Crippen LogP contribution in [0.5, 0.6) is 0 Å². The predicted molar refractivity (Wildman–Crippen MR) is 130 cm³/mol. The van der Waals surface area contributed by atoms with Crippen LogP contribution in [0.25, 0.3) is 0 Å². The largest absolute Gasteiger partial charge is 0.356 e. The minimum Gasteiger partial charge on any atom is -0.356 e. The Labute approximate surface area is 184 Å². The van der Waals surface area contributed by atoms with E-state index in [1.165, 1.54) is 0 Å². The molecule has 6 nitrogen and oxygen atoms in total. The van der Waals surface area contributed by atoms with Gasteiger partial charge in [-0.2, -0.15) is 0 Å². The molecule has 0 aromatic rings. The number of nitrogens with one attached hydrogen (secondary N) is 1. The molecule has 0 aliphatic heterocycles. The summed E-state index contributed by atoms with van der Waals surface area (Å²) in [6.07, 6.45) is 2.80. The highest BCUT2D eigenvalue weighted by molar-refractivity contribution is 5.93. The lowest BCUT2D eigenvalue weighted by molar-refractivity contribution is -0.131. The Morgan fingerprint density at radius 3 is 1.76 bits per heavy atom. The smallest absolute Gasteiger partial charge is 0.222 e. The van der Waals surface area contributed by atoms with Crippen molar-refractivity contribution in [2.45, 2.75) is 113 Å². The number of carbonyl (C=O) groups is 3. The van der Waals surface area contributed by atoms with E-state index in [0.29, 0.717) is 19.4 Å². The molecule has 0 spiro atoms. The molecule has 0 fully saturated rings. The van der Waals surface area contributed by atoms with Crippen LogP contribution in [0, 0.1) is 10.8 Å². The maximum Gasteiger partial charge on any atom is 0.222 e. The van der Waals surface area contributed by atoms with E-state index in [1.54, 1.807) is 0 Å². The SMILES string of the molecule is CC.CC.CCC(C)(C)C(=O)C(N)CC(=O)NCCCCC(N)C(=O)C(C)(C)C.[HH].[HH].[HH]. The maximum absolute atomic E-state index is 12.2. The molecule has 0 bridgehead atoms. The highest BCUT2D eigenvalue weighted by Gasteiger charge is 2.31. The van der Waals surface area contributed by atoms with Crippen LogP contribution < -0.4 is 16.8 Å². The second kappa shape index (κ2) is 16.5. The van der Waals surface area contributed by atoms with E-state index in [1.807, 2.05) is 69.2 Å². The maximum atomic E-state index is 12.2.